The van der Waals surface area contributed by atoms with Crippen LogP contribution in [-0.4, -0.2) is 11.1 Å². The Kier molecular flexibility index (Phi) is 2.23. The predicted molar refractivity (Wildman–Crippen MR) is 39.8 cm³/mol. The summed E-state index contributed by atoms with van der Waals surface area (Å²) in [5, 5.41) is 0. The van der Waals surface area contributed by atoms with Gasteiger partial charge in [-0.3, -0.25) is 4.79 Å². The number of nitrogens with zero attached hydrogens (tertiary/aromatic N) is 1. The minimum Gasteiger partial charge on any atom is -0.353 e. The Labute approximate surface area is 59.1 Å². The van der Waals surface area contributed by atoms with Gasteiger partial charge in [0, 0.05) is 37.6 Å². The summed E-state index contributed by atoms with van der Waals surface area (Å²) in [5.41, 5.74) is 5.34. The maximum Gasteiger partial charge on any atom is 0.181 e. The van der Waals surface area contributed by atoms with Gasteiger partial charge < -0.3 is 10.3 Å². The van der Waals surface area contributed by atoms with E-state index in [-0.39, 0.29) is 5.43 Å². The van der Waals surface area contributed by atoms with E-state index in [9.17, 15) is 4.79 Å². The molecule has 0 amide bonds. The fourth-order valence-corrected chi connectivity index (χ4v) is 0.742. The van der Waals surface area contributed by atoms with Gasteiger partial charge in [-0.25, -0.2) is 0 Å². The second-order valence-electron chi connectivity index (χ2n) is 2.06. The van der Waals surface area contributed by atoms with Crippen molar-refractivity contribution in [3.63, 3.8) is 0 Å². The molecule has 0 aliphatic heterocycles. The molecule has 0 unspecified atom stereocenters. The molecule has 0 fully saturated rings. The quantitative estimate of drug-likeness (QED) is 0.615. The Morgan fingerprint density at radius 1 is 1.40 bits per heavy atom. The molecule has 3 heteroatoms. The van der Waals surface area contributed by atoms with E-state index >= 15 is 0 Å². The van der Waals surface area contributed by atoms with E-state index in [0.29, 0.717) is 6.54 Å². The summed E-state index contributed by atoms with van der Waals surface area (Å²) in [6.45, 7) is 1.36. The van der Waals surface area contributed by atoms with Crippen LogP contribution in [0.1, 0.15) is 0 Å². The molecule has 0 aliphatic carbocycles. The van der Waals surface area contributed by atoms with Crippen LogP contribution in [0.2, 0.25) is 0 Å². The molecule has 0 radical (unpaired) electrons. The van der Waals surface area contributed by atoms with Crippen LogP contribution in [0, 0.1) is 0 Å². The molecule has 10 heavy (non-hydrogen) atoms. The van der Waals surface area contributed by atoms with E-state index in [4.69, 9.17) is 5.73 Å². The summed E-state index contributed by atoms with van der Waals surface area (Å²) in [6, 6.07) is 3.05. The maximum absolute atomic E-state index is 10.6. The number of pyridine rings is 1. The largest absolute Gasteiger partial charge is 0.353 e. The monoisotopic (exact) mass is 138 g/mol. The molecule has 0 atom stereocenters. The average molecular weight is 138 g/mol. The van der Waals surface area contributed by atoms with Crippen molar-refractivity contribution in [1.82, 2.24) is 4.57 Å². The van der Waals surface area contributed by atoms with Crippen LogP contribution < -0.4 is 11.2 Å². The summed E-state index contributed by atoms with van der Waals surface area (Å²) in [6.07, 6.45) is 3.46. The zero-order chi connectivity index (χ0) is 7.40. The van der Waals surface area contributed by atoms with Crippen molar-refractivity contribution in [3.05, 3.63) is 34.7 Å². The average Bonchev–Trinajstić information content (AvgIpc) is 1.95. The first-order chi connectivity index (χ1) is 4.83. The lowest BCUT2D eigenvalue weighted by atomic mass is 10.4. The normalized spacial score (nSPS) is 9.70. The first-order valence-corrected chi connectivity index (χ1v) is 3.19. The molecular formula is C7H10N2O. The first kappa shape index (κ1) is 7.02. The number of aromatic nitrogens is 1. The minimum atomic E-state index is 0.0354. The zero-order valence-corrected chi connectivity index (χ0v) is 5.66. The van der Waals surface area contributed by atoms with E-state index in [0.717, 1.165) is 6.54 Å². The van der Waals surface area contributed by atoms with Gasteiger partial charge in [-0.2, -0.15) is 0 Å². The highest BCUT2D eigenvalue weighted by atomic mass is 16.1. The molecule has 0 aliphatic rings. The summed E-state index contributed by atoms with van der Waals surface area (Å²) in [4.78, 5) is 10.6. The Bertz CT molecular complexity index is 234. The highest BCUT2D eigenvalue weighted by Crippen LogP contribution is 1.80. The third-order valence-corrected chi connectivity index (χ3v) is 1.25. The van der Waals surface area contributed by atoms with Crippen LogP contribution in [-0.2, 0) is 6.54 Å². The van der Waals surface area contributed by atoms with Crippen molar-refractivity contribution < 1.29 is 0 Å². The molecule has 2 N–H and O–H groups in total. The molecule has 3 nitrogen and oxygen atoms in total. The van der Waals surface area contributed by atoms with Gasteiger partial charge in [0.2, 0.25) is 0 Å². The number of hydrogen-bond acceptors (Lipinski definition) is 2. The Morgan fingerprint density at radius 3 is 2.50 bits per heavy atom. The standard InChI is InChI=1S/C7H10N2O/c8-3-6-9-4-1-7(10)2-5-9/h1-2,4-5H,3,6,8H2. The van der Waals surface area contributed by atoms with E-state index in [1.54, 1.807) is 12.4 Å². The van der Waals surface area contributed by atoms with Gasteiger partial charge in [0.1, 0.15) is 0 Å². The Morgan fingerprint density at radius 2 is 2.00 bits per heavy atom. The van der Waals surface area contributed by atoms with E-state index < -0.39 is 0 Å². The maximum atomic E-state index is 10.6. The van der Waals surface area contributed by atoms with Gasteiger partial charge in [0.05, 0.1) is 0 Å². The van der Waals surface area contributed by atoms with Gasteiger partial charge in [-0.15, -0.1) is 0 Å². The Hall–Kier alpha value is -1.09. The van der Waals surface area contributed by atoms with Crippen molar-refractivity contribution in [1.29, 1.82) is 0 Å². The lowest BCUT2D eigenvalue weighted by Gasteiger charge is -2.00. The lowest BCUT2D eigenvalue weighted by Crippen LogP contribution is -2.11. The third-order valence-electron chi connectivity index (χ3n) is 1.25. The van der Waals surface area contributed by atoms with Crippen LogP contribution in [0.4, 0.5) is 0 Å². The molecule has 1 aromatic rings. The molecule has 1 aromatic heterocycles. The molecular weight excluding hydrogens is 128 g/mol. The van der Waals surface area contributed by atoms with Crippen LogP contribution in [0.15, 0.2) is 29.3 Å². The topological polar surface area (TPSA) is 48.0 Å². The van der Waals surface area contributed by atoms with Crippen molar-refractivity contribution in [3.8, 4) is 0 Å². The highest BCUT2D eigenvalue weighted by Gasteiger charge is 1.84. The van der Waals surface area contributed by atoms with Gasteiger partial charge in [0.15, 0.2) is 5.43 Å². The van der Waals surface area contributed by atoms with Crippen molar-refractivity contribution in [2.75, 3.05) is 6.54 Å². The molecule has 1 rings (SSSR count). The fraction of sp³-hybridized carbons (Fsp3) is 0.286. The second-order valence-corrected chi connectivity index (χ2v) is 2.06. The number of rotatable bonds is 2. The van der Waals surface area contributed by atoms with Gasteiger partial charge in [-0.05, 0) is 0 Å². The zero-order valence-electron chi connectivity index (χ0n) is 5.66. The van der Waals surface area contributed by atoms with Gasteiger partial charge in [-0.1, -0.05) is 0 Å². The predicted octanol–water partition coefficient (Wildman–Crippen LogP) is -0.193. The SMILES string of the molecule is NCCn1ccc(=O)cc1. The summed E-state index contributed by atoms with van der Waals surface area (Å²) in [7, 11) is 0. The van der Waals surface area contributed by atoms with Crippen LogP contribution >= 0.6 is 0 Å². The van der Waals surface area contributed by atoms with Crippen LogP contribution in [0.25, 0.3) is 0 Å². The molecule has 54 valence electrons. The third kappa shape index (κ3) is 1.70. The molecule has 0 saturated heterocycles. The van der Waals surface area contributed by atoms with E-state index in [1.165, 1.54) is 12.1 Å². The van der Waals surface area contributed by atoms with Crippen LogP contribution in [0.3, 0.4) is 0 Å². The molecule has 0 bridgehead atoms. The number of hydrogen-bond donors (Lipinski definition) is 1. The van der Waals surface area contributed by atoms with E-state index in [1.807, 2.05) is 4.57 Å². The van der Waals surface area contributed by atoms with Gasteiger partial charge >= 0.3 is 0 Å². The molecule has 1 heterocycles. The highest BCUT2D eigenvalue weighted by molar-refractivity contribution is 4.93. The smallest absolute Gasteiger partial charge is 0.181 e. The minimum absolute atomic E-state index is 0.0354. The van der Waals surface area contributed by atoms with Crippen molar-refractivity contribution >= 4 is 0 Å². The van der Waals surface area contributed by atoms with Gasteiger partial charge in [0.25, 0.3) is 0 Å². The summed E-state index contributed by atoms with van der Waals surface area (Å²) in [5.74, 6) is 0. The second kappa shape index (κ2) is 3.17. The molecule has 0 aromatic carbocycles. The number of nitrogens with two attached hydrogens (primary N) is 1. The molecule has 0 saturated carbocycles. The Balaban J connectivity index is 2.79. The van der Waals surface area contributed by atoms with Crippen molar-refractivity contribution in [2.24, 2.45) is 5.73 Å². The summed E-state index contributed by atoms with van der Waals surface area (Å²) < 4.78 is 1.88. The molecule has 0 spiro atoms. The summed E-state index contributed by atoms with van der Waals surface area (Å²) >= 11 is 0. The lowest BCUT2D eigenvalue weighted by molar-refractivity contribution is 0.702. The van der Waals surface area contributed by atoms with Crippen LogP contribution in [0.5, 0.6) is 0 Å². The first-order valence-electron chi connectivity index (χ1n) is 3.19. The van der Waals surface area contributed by atoms with E-state index in [2.05, 4.69) is 0 Å². The fourth-order valence-electron chi connectivity index (χ4n) is 0.742. The van der Waals surface area contributed by atoms with Crippen molar-refractivity contribution in [2.45, 2.75) is 6.54 Å².